The van der Waals surface area contributed by atoms with Crippen LogP contribution in [-0.4, -0.2) is 0 Å². The van der Waals surface area contributed by atoms with Gasteiger partial charge < -0.3 is 0 Å². The van der Waals surface area contributed by atoms with Crippen LogP contribution in [0.3, 0.4) is 0 Å². The van der Waals surface area contributed by atoms with Crippen LogP contribution in [0.4, 0.5) is 0 Å². The molecule has 94 valence electrons. The molecule has 0 saturated heterocycles. The van der Waals surface area contributed by atoms with Crippen molar-refractivity contribution in [1.29, 1.82) is 0 Å². The Balaban J connectivity index is 0. The normalized spacial score (nSPS) is 8.53. The van der Waals surface area contributed by atoms with Gasteiger partial charge in [-0.25, -0.2) is 0 Å². The molecule has 0 saturated carbocycles. The van der Waals surface area contributed by atoms with E-state index in [1.165, 1.54) is 11.1 Å². The van der Waals surface area contributed by atoms with Crippen LogP contribution < -0.4 is 0 Å². The van der Waals surface area contributed by atoms with Gasteiger partial charge >= 0.3 is 0 Å². The molecule has 0 fully saturated rings. The fraction of sp³-hybridized carbons (Fsp3) is 0.294. The van der Waals surface area contributed by atoms with Gasteiger partial charge in [-0.1, -0.05) is 86.2 Å². The van der Waals surface area contributed by atoms with E-state index < -0.39 is 0 Å². The van der Waals surface area contributed by atoms with E-state index in [-0.39, 0.29) is 0 Å². The number of hydrogen-bond donors (Lipinski definition) is 0. The first-order chi connectivity index (χ1) is 8.06. The molecule has 0 aliphatic heterocycles. The molecule has 0 unspecified atom stereocenters. The molecule has 0 amide bonds. The Labute approximate surface area is 107 Å². The fourth-order valence-corrected chi connectivity index (χ4v) is 0.869. The van der Waals surface area contributed by atoms with Crippen molar-refractivity contribution in [1.82, 2.24) is 0 Å². The average molecular weight is 230 g/mol. The van der Waals surface area contributed by atoms with Gasteiger partial charge in [0.05, 0.1) is 0 Å². The van der Waals surface area contributed by atoms with Crippen LogP contribution in [0.25, 0.3) is 0 Å². The highest BCUT2D eigenvalue weighted by Crippen LogP contribution is 1.99. The molecule has 0 spiro atoms. The molecule has 0 bridgehead atoms. The molecular weight excluding hydrogens is 204 g/mol. The van der Waals surface area contributed by atoms with Gasteiger partial charge in [-0.2, -0.15) is 0 Å². The molecule has 0 N–H and O–H groups in total. The van der Waals surface area contributed by atoms with Gasteiger partial charge in [-0.3, -0.25) is 0 Å². The summed E-state index contributed by atoms with van der Waals surface area (Å²) in [5.74, 6) is 0. The summed E-state index contributed by atoms with van der Waals surface area (Å²) in [6.07, 6.45) is 5.50. The van der Waals surface area contributed by atoms with Gasteiger partial charge in [0.15, 0.2) is 0 Å². The van der Waals surface area contributed by atoms with Crippen LogP contribution in [0, 0.1) is 13.8 Å². The first-order valence-corrected chi connectivity index (χ1v) is 6.04. The summed E-state index contributed by atoms with van der Waals surface area (Å²) >= 11 is 0. The van der Waals surface area contributed by atoms with Crippen molar-refractivity contribution in [2.75, 3.05) is 0 Å². The maximum absolute atomic E-state index is 3.66. The Hall–Kier alpha value is -1.56. The smallest absolute Gasteiger partial charge is 0.0398 e. The fourth-order valence-electron chi connectivity index (χ4n) is 0.869. The first kappa shape index (κ1) is 17.8. The highest BCUT2D eigenvalue weighted by molar-refractivity contribution is 5.19. The molecule has 0 aromatic heterocycles. The van der Waals surface area contributed by atoms with E-state index in [4.69, 9.17) is 0 Å². The van der Waals surface area contributed by atoms with Crippen molar-refractivity contribution in [3.63, 3.8) is 0 Å². The zero-order valence-electron chi connectivity index (χ0n) is 12.0. The van der Waals surface area contributed by atoms with E-state index in [9.17, 15) is 0 Å². The zero-order chi connectivity index (χ0) is 13.7. The second kappa shape index (κ2) is 12.5. The van der Waals surface area contributed by atoms with Crippen LogP contribution in [0.1, 0.15) is 31.9 Å². The highest BCUT2D eigenvalue weighted by Gasteiger charge is 1.79. The second-order valence-corrected chi connectivity index (χ2v) is 3.60. The lowest BCUT2D eigenvalue weighted by molar-refractivity contribution is 1.40. The van der Waals surface area contributed by atoms with Crippen LogP contribution in [0.15, 0.2) is 61.2 Å². The Morgan fingerprint density at radius 1 is 1.00 bits per heavy atom. The minimum atomic E-state index is 1.06. The van der Waals surface area contributed by atoms with Crippen molar-refractivity contribution in [2.45, 2.75) is 34.6 Å². The molecule has 0 radical (unpaired) electrons. The largest absolute Gasteiger partial charge is 0.0991 e. The van der Waals surface area contributed by atoms with E-state index in [0.717, 1.165) is 5.57 Å². The highest BCUT2D eigenvalue weighted by atomic mass is 13.9. The summed E-state index contributed by atoms with van der Waals surface area (Å²) in [4.78, 5) is 0. The van der Waals surface area contributed by atoms with E-state index in [1.807, 2.05) is 32.9 Å². The van der Waals surface area contributed by atoms with Gasteiger partial charge in [0.1, 0.15) is 0 Å². The number of allylic oxidation sites excluding steroid dienone is 4. The summed E-state index contributed by atoms with van der Waals surface area (Å²) in [6, 6.07) is 8.48. The zero-order valence-corrected chi connectivity index (χ0v) is 12.0. The summed E-state index contributed by atoms with van der Waals surface area (Å²) in [6.45, 7) is 17.3. The van der Waals surface area contributed by atoms with Crippen LogP contribution in [0.5, 0.6) is 0 Å². The maximum Gasteiger partial charge on any atom is -0.0398 e. The van der Waals surface area contributed by atoms with E-state index >= 15 is 0 Å². The van der Waals surface area contributed by atoms with Gasteiger partial charge in [0, 0.05) is 0 Å². The molecule has 0 nitrogen and oxygen atoms in total. The topological polar surface area (TPSA) is 0 Å². The number of rotatable bonds is 2. The second-order valence-electron chi connectivity index (χ2n) is 3.60. The van der Waals surface area contributed by atoms with Crippen molar-refractivity contribution >= 4 is 0 Å². The minimum Gasteiger partial charge on any atom is -0.0991 e. The lowest BCUT2D eigenvalue weighted by atomic mass is 10.2. The van der Waals surface area contributed by atoms with E-state index in [2.05, 4.69) is 51.3 Å². The molecule has 0 heteroatoms. The Morgan fingerprint density at radius 3 is 1.53 bits per heavy atom. The maximum atomic E-state index is 3.66. The van der Waals surface area contributed by atoms with Crippen LogP contribution in [0.2, 0.25) is 0 Å². The molecule has 0 aliphatic carbocycles. The Bertz CT molecular complexity index is 305. The van der Waals surface area contributed by atoms with Crippen molar-refractivity contribution in [3.8, 4) is 0 Å². The monoisotopic (exact) mass is 230 g/mol. The predicted octanol–water partition coefficient (Wildman–Crippen LogP) is 5.63. The Kier molecular flexibility index (Phi) is 13.1. The first-order valence-electron chi connectivity index (χ1n) is 6.04. The number of hydrogen-bond acceptors (Lipinski definition) is 0. The molecule has 1 rings (SSSR count). The summed E-state index contributed by atoms with van der Waals surface area (Å²) in [5, 5.41) is 0. The van der Waals surface area contributed by atoms with Gasteiger partial charge in [0.2, 0.25) is 0 Å². The molecule has 17 heavy (non-hydrogen) atoms. The quantitative estimate of drug-likeness (QED) is 0.577. The number of benzene rings is 1. The minimum absolute atomic E-state index is 1.06. The lowest BCUT2D eigenvalue weighted by Crippen LogP contribution is -1.70. The van der Waals surface area contributed by atoms with Gasteiger partial charge in [-0.15, -0.1) is 0 Å². The third-order valence-electron chi connectivity index (χ3n) is 1.74. The molecular formula is C17H26. The van der Waals surface area contributed by atoms with Crippen molar-refractivity contribution in [2.24, 2.45) is 0 Å². The summed E-state index contributed by atoms with van der Waals surface area (Å²) in [5.41, 5.74) is 3.71. The third-order valence-corrected chi connectivity index (χ3v) is 1.74. The molecule has 0 atom stereocenters. The van der Waals surface area contributed by atoms with E-state index in [0.29, 0.717) is 0 Å². The average Bonchev–Trinajstić information content (AvgIpc) is 2.34. The van der Waals surface area contributed by atoms with Gasteiger partial charge in [-0.05, 0) is 20.8 Å². The van der Waals surface area contributed by atoms with Crippen molar-refractivity contribution in [3.05, 3.63) is 72.4 Å². The lowest BCUT2D eigenvalue weighted by Gasteiger charge is -1.90. The summed E-state index contributed by atoms with van der Waals surface area (Å²) in [7, 11) is 0. The molecule has 1 aromatic rings. The SMILES string of the molecule is C=C/C=C\C(=C)C.CC.Cc1ccc(C)cc1. The van der Waals surface area contributed by atoms with Crippen molar-refractivity contribution < 1.29 is 0 Å². The molecule has 1 aromatic carbocycles. The van der Waals surface area contributed by atoms with Crippen LogP contribution in [-0.2, 0) is 0 Å². The molecule has 0 heterocycles. The predicted molar refractivity (Wildman–Crippen MR) is 81.4 cm³/mol. The van der Waals surface area contributed by atoms with Crippen LogP contribution >= 0.6 is 0 Å². The van der Waals surface area contributed by atoms with Gasteiger partial charge in [0.25, 0.3) is 0 Å². The van der Waals surface area contributed by atoms with E-state index in [1.54, 1.807) is 6.08 Å². The Morgan fingerprint density at radius 2 is 1.35 bits per heavy atom. The summed E-state index contributed by atoms with van der Waals surface area (Å²) < 4.78 is 0. The third kappa shape index (κ3) is 14.4. The number of aryl methyl sites for hydroxylation is 2. The standard InChI is InChI=1S/C8H10.C7H10.C2H6/c1-7-3-5-8(2)6-4-7;1-4-5-6-7(2)3;1-2/h3-6H,1-2H3;4-6H,1-2H2,3H3;1-2H3/b;6-5-;. The molecule has 0 aliphatic rings.